The molecule has 0 heterocycles. The van der Waals surface area contributed by atoms with Gasteiger partial charge in [-0.3, -0.25) is 4.79 Å². The Balaban J connectivity index is 1.79. The Labute approximate surface area is 161 Å². The summed E-state index contributed by atoms with van der Waals surface area (Å²) in [6.07, 6.45) is 18.5. The third-order valence-corrected chi connectivity index (χ3v) is 5.72. The molecular weight excluding hydrogens is 326 g/mol. The lowest BCUT2D eigenvalue weighted by atomic mass is 10.0. The number of rotatable bonds is 18. The number of aliphatic hydroxyl groups excluding tert-OH is 2. The van der Waals surface area contributed by atoms with Crippen molar-refractivity contribution in [2.45, 2.75) is 109 Å². The van der Waals surface area contributed by atoms with Gasteiger partial charge in [-0.1, -0.05) is 84.0 Å². The monoisotopic (exact) mass is 369 g/mol. The van der Waals surface area contributed by atoms with Crippen LogP contribution in [-0.4, -0.2) is 35.4 Å². The number of hydrogen-bond donors (Lipinski definition) is 3. The average molecular weight is 370 g/mol. The van der Waals surface area contributed by atoms with Gasteiger partial charge in [0.15, 0.2) is 0 Å². The molecular formula is C22H43NO3. The lowest BCUT2D eigenvalue weighted by molar-refractivity contribution is -0.121. The second-order valence-corrected chi connectivity index (χ2v) is 8.26. The molecule has 1 rings (SSSR count). The third kappa shape index (κ3) is 12.7. The van der Waals surface area contributed by atoms with E-state index in [1.165, 1.54) is 77.0 Å². The highest BCUT2D eigenvalue weighted by atomic mass is 16.3. The molecule has 26 heavy (non-hydrogen) atoms. The molecule has 3 N–H and O–H groups in total. The molecule has 0 aromatic rings. The van der Waals surface area contributed by atoms with Crippen molar-refractivity contribution in [3.63, 3.8) is 0 Å². The summed E-state index contributed by atoms with van der Waals surface area (Å²) in [7, 11) is 0. The summed E-state index contributed by atoms with van der Waals surface area (Å²) in [4.78, 5) is 11.5. The van der Waals surface area contributed by atoms with Crippen molar-refractivity contribution in [1.82, 2.24) is 5.32 Å². The van der Waals surface area contributed by atoms with E-state index >= 15 is 0 Å². The zero-order valence-corrected chi connectivity index (χ0v) is 17.1. The maximum absolute atomic E-state index is 11.5. The first kappa shape index (κ1) is 23.4. The van der Waals surface area contributed by atoms with Crippen molar-refractivity contribution in [1.29, 1.82) is 0 Å². The van der Waals surface area contributed by atoms with Crippen LogP contribution in [0.25, 0.3) is 0 Å². The van der Waals surface area contributed by atoms with Gasteiger partial charge in [0.05, 0.1) is 12.7 Å². The van der Waals surface area contributed by atoms with E-state index in [9.17, 15) is 9.90 Å². The van der Waals surface area contributed by atoms with Gasteiger partial charge in [0, 0.05) is 13.0 Å². The minimum absolute atomic E-state index is 0.0204. The van der Waals surface area contributed by atoms with E-state index in [0.717, 1.165) is 24.7 Å². The molecule has 3 atom stereocenters. The average Bonchev–Trinajstić information content (AvgIpc) is 3.39. The van der Waals surface area contributed by atoms with E-state index in [1.54, 1.807) is 0 Å². The van der Waals surface area contributed by atoms with Crippen LogP contribution in [0, 0.1) is 11.8 Å². The van der Waals surface area contributed by atoms with Gasteiger partial charge in [0.2, 0.25) is 5.91 Å². The smallest absolute Gasteiger partial charge is 0.220 e. The van der Waals surface area contributed by atoms with Gasteiger partial charge in [-0.15, -0.1) is 0 Å². The van der Waals surface area contributed by atoms with Gasteiger partial charge < -0.3 is 15.5 Å². The molecule has 1 amide bonds. The Morgan fingerprint density at radius 3 is 2.04 bits per heavy atom. The number of hydrogen-bond acceptors (Lipinski definition) is 3. The molecule has 3 unspecified atom stereocenters. The van der Waals surface area contributed by atoms with Crippen molar-refractivity contribution >= 4 is 5.91 Å². The fourth-order valence-corrected chi connectivity index (χ4v) is 3.81. The Bertz CT molecular complexity index is 348. The van der Waals surface area contributed by atoms with Crippen LogP contribution in [0.2, 0.25) is 0 Å². The van der Waals surface area contributed by atoms with Crippen LogP contribution < -0.4 is 5.32 Å². The fraction of sp³-hybridized carbons (Fsp3) is 0.955. The van der Waals surface area contributed by atoms with E-state index in [0.29, 0.717) is 6.42 Å². The summed E-state index contributed by atoms with van der Waals surface area (Å²) in [6, 6.07) is 0. The van der Waals surface area contributed by atoms with Crippen LogP contribution >= 0.6 is 0 Å². The highest BCUT2D eigenvalue weighted by Crippen LogP contribution is 2.45. The molecule has 154 valence electrons. The fourth-order valence-electron chi connectivity index (χ4n) is 3.81. The van der Waals surface area contributed by atoms with Gasteiger partial charge >= 0.3 is 0 Å². The number of aliphatic hydroxyl groups is 2. The van der Waals surface area contributed by atoms with Crippen molar-refractivity contribution in [3.05, 3.63) is 0 Å². The Morgan fingerprint density at radius 1 is 0.923 bits per heavy atom. The maximum Gasteiger partial charge on any atom is 0.220 e. The van der Waals surface area contributed by atoms with Crippen molar-refractivity contribution in [3.8, 4) is 0 Å². The first-order valence-corrected chi connectivity index (χ1v) is 11.2. The minimum Gasteiger partial charge on any atom is -0.394 e. The van der Waals surface area contributed by atoms with Crippen LogP contribution in [0.15, 0.2) is 0 Å². The SMILES string of the molecule is CCCCCCCCC1CC1CCCCCCCC(=O)NCC(O)CO. The third-order valence-electron chi connectivity index (χ3n) is 5.72. The molecule has 1 aliphatic carbocycles. The van der Waals surface area contributed by atoms with Crippen LogP contribution in [0.5, 0.6) is 0 Å². The molecule has 0 spiro atoms. The summed E-state index contributed by atoms with van der Waals surface area (Å²) in [5.41, 5.74) is 0. The molecule has 0 saturated heterocycles. The Hall–Kier alpha value is -0.610. The number of unbranched alkanes of at least 4 members (excludes halogenated alkanes) is 9. The lowest BCUT2D eigenvalue weighted by Gasteiger charge is -2.08. The van der Waals surface area contributed by atoms with Crippen molar-refractivity contribution < 1.29 is 15.0 Å². The van der Waals surface area contributed by atoms with Crippen LogP contribution in [0.3, 0.4) is 0 Å². The second-order valence-electron chi connectivity index (χ2n) is 8.26. The van der Waals surface area contributed by atoms with Crippen LogP contribution in [0.4, 0.5) is 0 Å². The van der Waals surface area contributed by atoms with Crippen LogP contribution in [-0.2, 0) is 4.79 Å². The number of carbonyl (C=O) groups excluding carboxylic acids is 1. The predicted octanol–water partition coefficient (Wildman–Crippen LogP) is 4.57. The molecule has 0 bridgehead atoms. The zero-order chi connectivity index (χ0) is 19.0. The van der Waals surface area contributed by atoms with E-state index in [2.05, 4.69) is 12.2 Å². The second kappa shape index (κ2) is 15.4. The molecule has 0 aliphatic heterocycles. The number of nitrogens with one attached hydrogen (secondary N) is 1. The molecule has 0 aromatic carbocycles. The molecule has 0 radical (unpaired) electrons. The maximum atomic E-state index is 11.5. The summed E-state index contributed by atoms with van der Waals surface area (Å²) >= 11 is 0. The van der Waals surface area contributed by atoms with E-state index in [1.807, 2.05) is 0 Å². The van der Waals surface area contributed by atoms with Crippen molar-refractivity contribution in [2.24, 2.45) is 11.8 Å². The normalized spacial score (nSPS) is 20.1. The molecule has 4 heteroatoms. The molecule has 4 nitrogen and oxygen atoms in total. The van der Waals surface area contributed by atoms with Gasteiger partial charge in [0.1, 0.15) is 0 Å². The predicted molar refractivity (Wildman–Crippen MR) is 108 cm³/mol. The topological polar surface area (TPSA) is 69.6 Å². The number of amides is 1. The quantitative estimate of drug-likeness (QED) is 0.310. The first-order valence-electron chi connectivity index (χ1n) is 11.2. The van der Waals surface area contributed by atoms with Gasteiger partial charge in [-0.2, -0.15) is 0 Å². The van der Waals surface area contributed by atoms with E-state index in [4.69, 9.17) is 5.11 Å². The zero-order valence-electron chi connectivity index (χ0n) is 17.1. The van der Waals surface area contributed by atoms with Gasteiger partial charge in [-0.05, 0) is 24.7 Å². The van der Waals surface area contributed by atoms with E-state index < -0.39 is 6.10 Å². The highest BCUT2D eigenvalue weighted by molar-refractivity contribution is 5.75. The summed E-state index contributed by atoms with van der Waals surface area (Å²) < 4.78 is 0. The number of carbonyl (C=O) groups is 1. The van der Waals surface area contributed by atoms with Crippen molar-refractivity contribution in [2.75, 3.05) is 13.2 Å². The molecule has 1 saturated carbocycles. The summed E-state index contributed by atoms with van der Waals surface area (Å²) in [5, 5.41) is 20.5. The summed E-state index contributed by atoms with van der Waals surface area (Å²) in [6.45, 7) is 2.12. The Morgan fingerprint density at radius 2 is 1.46 bits per heavy atom. The minimum atomic E-state index is -0.841. The highest BCUT2D eigenvalue weighted by Gasteiger charge is 2.34. The van der Waals surface area contributed by atoms with Gasteiger partial charge in [-0.25, -0.2) is 0 Å². The Kier molecular flexibility index (Phi) is 13.9. The summed E-state index contributed by atoms with van der Waals surface area (Å²) in [5.74, 6) is 2.04. The molecule has 1 fully saturated rings. The molecule has 1 aliphatic rings. The lowest BCUT2D eigenvalue weighted by Crippen LogP contribution is -2.33. The largest absolute Gasteiger partial charge is 0.394 e. The molecule has 0 aromatic heterocycles. The van der Waals surface area contributed by atoms with Gasteiger partial charge in [0.25, 0.3) is 0 Å². The first-order chi connectivity index (χ1) is 12.7. The van der Waals surface area contributed by atoms with Crippen LogP contribution in [0.1, 0.15) is 103 Å². The standard InChI is InChI=1S/C22H43NO3/c1-2-3-4-5-7-10-13-19-16-20(19)14-11-8-6-9-12-15-22(26)23-17-21(25)18-24/h19-21,24-25H,2-18H2,1H3,(H,23,26). The van der Waals surface area contributed by atoms with E-state index in [-0.39, 0.29) is 19.1 Å².